The summed E-state index contributed by atoms with van der Waals surface area (Å²) < 4.78 is 0.987. The van der Waals surface area contributed by atoms with Crippen LogP contribution in [0, 0.1) is 0 Å². The summed E-state index contributed by atoms with van der Waals surface area (Å²) >= 11 is 10.3. The van der Waals surface area contributed by atoms with E-state index in [0.717, 1.165) is 41.1 Å². The molecule has 3 rings (SSSR count). The van der Waals surface area contributed by atoms with E-state index in [-0.39, 0.29) is 12.2 Å². The third kappa shape index (κ3) is 5.78. The lowest BCUT2D eigenvalue weighted by molar-refractivity contribution is -0.137. The van der Waals surface area contributed by atoms with Gasteiger partial charge >= 0.3 is 5.97 Å². The number of halogens is 1. The lowest BCUT2D eigenvalue weighted by Crippen LogP contribution is -2.51. The predicted molar refractivity (Wildman–Crippen MR) is 127 cm³/mol. The van der Waals surface area contributed by atoms with Crippen molar-refractivity contribution < 1.29 is 15.0 Å². The monoisotopic (exact) mass is 510 g/mol. The van der Waals surface area contributed by atoms with Crippen molar-refractivity contribution in [1.82, 2.24) is 15.2 Å². The third-order valence-electron chi connectivity index (χ3n) is 4.88. The number of aromatic hydroxyl groups is 1. The van der Waals surface area contributed by atoms with Crippen LogP contribution < -0.4 is 5.43 Å². The normalized spacial score (nSPS) is 15.3. The average Bonchev–Trinajstić information content (AvgIpc) is 3.12. The van der Waals surface area contributed by atoms with Crippen LogP contribution in [0.2, 0.25) is 0 Å². The summed E-state index contributed by atoms with van der Waals surface area (Å²) in [7, 11) is 0. The number of thiocarbonyl (C=S) groups is 1. The summed E-state index contributed by atoms with van der Waals surface area (Å²) in [6.45, 7) is 5.35. The van der Waals surface area contributed by atoms with Gasteiger partial charge in [0.2, 0.25) is 0 Å². The van der Waals surface area contributed by atoms with E-state index in [4.69, 9.17) is 17.3 Å². The Hall–Kier alpha value is -2.01. The van der Waals surface area contributed by atoms with Gasteiger partial charge in [-0.2, -0.15) is 5.10 Å². The summed E-state index contributed by atoms with van der Waals surface area (Å²) in [5.41, 5.74) is 5.19. The molecule has 0 unspecified atom stereocenters. The number of aliphatic carboxylic acids is 1. The summed E-state index contributed by atoms with van der Waals surface area (Å²) in [6, 6.07) is 7.79. The van der Waals surface area contributed by atoms with Crippen molar-refractivity contribution in [2.24, 2.45) is 5.10 Å². The molecule has 1 saturated heterocycles. The van der Waals surface area contributed by atoms with Crippen molar-refractivity contribution in [2.75, 3.05) is 32.7 Å². The van der Waals surface area contributed by atoms with Gasteiger partial charge in [-0.1, -0.05) is 28.1 Å². The molecule has 1 aliphatic rings. The third-order valence-corrected chi connectivity index (χ3v) is 6.78. The number of hydrogen-bond acceptors (Lipinski definition) is 6. The van der Waals surface area contributed by atoms with Crippen molar-refractivity contribution in [3.8, 4) is 16.2 Å². The molecule has 1 fully saturated rings. The number of nitrogens with zero attached hydrogens (tertiary/aromatic N) is 3. The first kappa shape index (κ1) is 22.7. The molecule has 30 heavy (non-hydrogen) atoms. The number of carboxylic acids is 1. The van der Waals surface area contributed by atoms with E-state index in [0.29, 0.717) is 22.9 Å². The van der Waals surface area contributed by atoms with Crippen molar-refractivity contribution in [3.05, 3.63) is 39.7 Å². The molecule has 7 nitrogen and oxygen atoms in total. The van der Waals surface area contributed by atoms with Gasteiger partial charge in [0, 0.05) is 42.6 Å². The molecule has 0 radical (unpaired) electrons. The summed E-state index contributed by atoms with van der Waals surface area (Å²) in [5, 5.41) is 26.2. The fraction of sp³-hybridized carbons (Fsp3) is 0.350. The molecule has 1 aromatic heterocycles. The Bertz CT molecular complexity index is 938. The lowest BCUT2D eigenvalue weighted by atomic mass is 10.1. The quantitative estimate of drug-likeness (QED) is 0.311. The van der Waals surface area contributed by atoms with Crippen LogP contribution >= 0.6 is 39.5 Å². The Morgan fingerprint density at radius 1 is 1.27 bits per heavy atom. The number of hydrazone groups is 1. The van der Waals surface area contributed by atoms with Gasteiger partial charge in [0.25, 0.3) is 0 Å². The van der Waals surface area contributed by atoms with Crippen LogP contribution in [0.1, 0.15) is 18.9 Å². The molecule has 10 heteroatoms. The molecule has 0 spiro atoms. The minimum atomic E-state index is -0.778. The number of hydrogen-bond donors (Lipinski definition) is 3. The smallest absolute Gasteiger partial charge is 0.304 e. The van der Waals surface area contributed by atoms with Gasteiger partial charge < -0.3 is 15.1 Å². The molecule has 160 valence electrons. The number of benzene rings is 1. The largest absolute Gasteiger partial charge is 0.506 e. The maximum atomic E-state index is 10.7. The predicted octanol–water partition coefficient (Wildman–Crippen LogP) is 3.57. The zero-order valence-electron chi connectivity index (χ0n) is 16.5. The lowest BCUT2D eigenvalue weighted by Gasteiger charge is -2.35. The molecular formula is C20H23BrN4O3S2. The minimum absolute atomic E-state index is 0.151. The molecule has 3 N–H and O–H groups in total. The first-order valence-corrected chi connectivity index (χ1v) is 11.5. The highest BCUT2D eigenvalue weighted by Crippen LogP contribution is 2.39. The highest BCUT2D eigenvalue weighted by atomic mass is 79.9. The van der Waals surface area contributed by atoms with Crippen LogP contribution in [0.4, 0.5) is 0 Å². The number of carbonyl (C=O) groups is 1. The van der Waals surface area contributed by atoms with Gasteiger partial charge in [0.05, 0.1) is 22.6 Å². The van der Waals surface area contributed by atoms with Crippen molar-refractivity contribution in [3.63, 3.8) is 0 Å². The van der Waals surface area contributed by atoms with Crippen LogP contribution in [0.15, 0.2) is 39.2 Å². The van der Waals surface area contributed by atoms with Crippen LogP contribution in [0.25, 0.3) is 10.4 Å². The van der Waals surface area contributed by atoms with E-state index < -0.39 is 5.97 Å². The molecule has 1 aliphatic heterocycles. The number of piperazine rings is 1. The van der Waals surface area contributed by atoms with Crippen molar-refractivity contribution in [2.45, 2.75) is 13.3 Å². The molecule has 0 amide bonds. The van der Waals surface area contributed by atoms with E-state index in [1.54, 1.807) is 0 Å². The number of thiophene rings is 1. The molecule has 0 aliphatic carbocycles. The van der Waals surface area contributed by atoms with Gasteiger partial charge in [-0.15, -0.1) is 11.3 Å². The van der Waals surface area contributed by atoms with Gasteiger partial charge in [0.15, 0.2) is 5.11 Å². The molecule has 2 aromatic rings. The van der Waals surface area contributed by atoms with E-state index >= 15 is 0 Å². The zero-order valence-corrected chi connectivity index (χ0v) is 19.7. The van der Waals surface area contributed by atoms with Crippen LogP contribution in [0.5, 0.6) is 5.75 Å². The SMILES string of the molecule is C/C(=N/NC(=S)N1CCN(CCC(=O)O)CC1)c1csc(-c2ccc(Br)cc2)c1O. The van der Waals surface area contributed by atoms with Crippen molar-refractivity contribution in [1.29, 1.82) is 0 Å². The van der Waals surface area contributed by atoms with Crippen molar-refractivity contribution >= 4 is 56.3 Å². The molecule has 1 aromatic carbocycles. The topological polar surface area (TPSA) is 88.4 Å². The highest BCUT2D eigenvalue weighted by molar-refractivity contribution is 9.10. The first-order valence-electron chi connectivity index (χ1n) is 9.45. The Labute approximate surface area is 193 Å². The maximum Gasteiger partial charge on any atom is 0.304 e. The van der Waals surface area contributed by atoms with Gasteiger partial charge in [-0.05, 0) is 36.8 Å². The summed E-state index contributed by atoms with van der Waals surface area (Å²) in [5.74, 6) is -0.567. The maximum absolute atomic E-state index is 10.7. The summed E-state index contributed by atoms with van der Waals surface area (Å²) in [4.78, 5) is 15.6. The number of nitrogens with one attached hydrogen (secondary N) is 1. The minimum Gasteiger partial charge on any atom is -0.506 e. The fourth-order valence-corrected chi connectivity index (χ4v) is 4.61. The zero-order chi connectivity index (χ0) is 21.7. The number of carboxylic acid groups (broad SMARTS) is 1. The first-order chi connectivity index (χ1) is 14.3. The second-order valence-corrected chi connectivity index (χ2v) is 9.10. The second-order valence-electron chi connectivity index (χ2n) is 6.92. The second kappa shape index (κ2) is 10.3. The van der Waals surface area contributed by atoms with E-state index in [9.17, 15) is 9.90 Å². The van der Waals surface area contributed by atoms with Crippen LogP contribution in [0.3, 0.4) is 0 Å². The Morgan fingerprint density at radius 2 is 1.93 bits per heavy atom. The van der Waals surface area contributed by atoms with Gasteiger partial charge in [0.1, 0.15) is 5.75 Å². The molecule has 2 heterocycles. The molecule has 0 bridgehead atoms. The van der Waals surface area contributed by atoms with Crippen LogP contribution in [-0.4, -0.2) is 69.5 Å². The molecular weight excluding hydrogens is 488 g/mol. The van der Waals surface area contributed by atoms with Crippen LogP contribution in [-0.2, 0) is 4.79 Å². The summed E-state index contributed by atoms with van der Waals surface area (Å²) in [6.07, 6.45) is 0.151. The van der Waals surface area contributed by atoms with E-state index in [2.05, 4.69) is 31.4 Å². The Morgan fingerprint density at radius 3 is 2.57 bits per heavy atom. The molecule has 0 atom stereocenters. The number of rotatable bonds is 6. The Balaban J connectivity index is 1.57. The van der Waals surface area contributed by atoms with E-state index in [1.807, 2.05) is 41.5 Å². The van der Waals surface area contributed by atoms with Gasteiger partial charge in [-0.3, -0.25) is 15.1 Å². The highest BCUT2D eigenvalue weighted by Gasteiger charge is 2.19. The molecule has 0 saturated carbocycles. The fourth-order valence-electron chi connectivity index (χ4n) is 3.11. The average molecular weight is 511 g/mol. The van der Waals surface area contributed by atoms with E-state index in [1.165, 1.54) is 11.3 Å². The Kier molecular flexibility index (Phi) is 7.81. The standard InChI is InChI=1S/C20H23BrN4O3S2/c1-13(16-12-30-19(18(16)28)14-2-4-15(21)5-3-14)22-23-20(29)25-10-8-24(9-11-25)7-6-17(26)27/h2-5,12,28H,6-11H2,1H3,(H,23,29)(H,26,27)/b22-13-. The van der Waals surface area contributed by atoms with Gasteiger partial charge in [-0.25, -0.2) is 0 Å².